The van der Waals surface area contributed by atoms with Crippen LogP contribution in [0.25, 0.3) is 0 Å². The van der Waals surface area contributed by atoms with E-state index in [1.54, 1.807) is 0 Å². The van der Waals surface area contributed by atoms with Gasteiger partial charge in [0.15, 0.2) is 0 Å². The molecule has 2 aliphatic carbocycles. The van der Waals surface area contributed by atoms with E-state index in [0.717, 1.165) is 6.42 Å². The number of ether oxygens (including phenoxy) is 1. The van der Waals surface area contributed by atoms with Crippen molar-refractivity contribution in [2.24, 2.45) is 28.6 Å². The summed E-state index contributed by atoms with van der Waals surface area (Å²) in [7, 11) is 0. The van der Waals surface area contributed by atoms with Crippen molar-refractivity contribution in [3.8, 4) is 0 Å². The van der Waals surface area contributed by atoms with Crippen LogP contribution >= 0.6 is 0 Å². The molecule has 0 spiro atoms. The van der Waals surface area contributed by atoms with E-state index in [4.69, 9.17) is 4.74 Å². The van der Waals surface area contributed by atoms with Gasteiger partial charge in [0.25, 0.3) is 0 Å². The normalized spacial score (nSPS) is 52.4. The second-order valence-corrected chi connectivity index (χ2v) is 6.83. The quantitative estimate of drug-likeness (QED) is 0.572. The Kier molecular flexibility index (Phi) is 1.56. The number of esters is 1. The van der Waals surface area contributed by atoms with Crippen molar-refractivity contribution < 1.29 is 9.53 Å². The van der Waals surface area contributed by atoms with Crippen LogP contribution in [0, 0.1) is 28.6 Å². The van der Waals surface area contributed by atoms with Gasteiger partial charge in [0.05, 0.1) is 5.92 Å². The minimum atomic E-state index is 0.0838. The lowest BCUT2D eigenvalue weighted by molar-refractivity contribution is -0.149. The molecule has 15 heavy (non-hydrogen) atoms. The first kappa shape index (κ1) is 9.68. The Labute approximate surface area is 91.4 Å². The molecule has 0 aromatic heterocycles. The van der Waals surface area contributed by atoms with Crippen molar-refractivity contribution in [2.45, 2.75) is 46.6 Å². The van der Waals surface area contributed by atoms with Gasteiger partial charge < -0.3 is 4.74 Å². The highest BCUT2D eigenvalue weighted by Gasteiger charge is 2.69. The van der Waals surface area contributed by atoms with Gasteiger partial charge in [-0.1, -0.05) is 27.7 Å². The Morgan fingerprint density at radius 3 is 2.60 bits per heavy atom. The summed E-state index contributed by atoms with van der Waals surface area (Å²) in [5.41, 5.74) is 0.424. The molecule has 3 fully saturated rings. The first-order chi connectivity index (χ1) is 6.85. The smallest absolute Gasteiger partial charge is 0.309 e. The lowest BCUT2D eigenvalue weighted by Gasteiger charge is -2.47. The van der Waals surface area contributed by atoms with Crippen molar-refractivity contribution in [3.63, 3.8) is 0 Å². The number of hydrogen-bond donors (Lipinski definition) is 0. The maximum Gasteiger partial charge on any atom is 0.309 e. The number of fused-ring (bicyclic) bond motifs is 1. The van der Waals surface area contributed by atoms with E-state index in [-0.39, 0.29) is 28.8 Å². The molecule has 5 unspecified atom stereocenters. The van der Waals surface area contributed by atoms with Crippen LogP contribution in [0.2, 0.25) is 0 Å². The molecule has 0 aromatic carbocycles. The molecule has 0 radical (unpaired) electrons. The van der Waals surface area contributed by atoms with Crippen molar-refractivity contribution >= 4 is 5.97 Å². The molecule has 0 N–H and O–H groups in total. The molecule has 2 nitrogen and oxygen atoms in total. The van der Waals surface area contributed by atoms with E-state index in [9.17, 15) is 4.79 Å². The predicted octanol–water partition coefficient (Wildman–Crippen LogP) is 2.62. The monoisotopic (exact) mass is 208 g/mol. The highest BCUT2D eigenvalue weighted by atomic mass is 16.6. The fourth-order valence-electron chi connectivity index (χ4n) is 4.30. The first-order valence-corrected chi connectivity index (χ1v) is 6.06. The lowest BCUT2D eigenvalue weighted by atomic mass is 9.58. The van der Waals surface area contributed by atoms with Crippen LogP contribution in [-0.4, -0.2) is 12.1 Å². The topological polar surface area (TPSA) is 26.3 Å². The van der Waals surface area contributed by atoms with E-state index >= 15 is 0 Å². The molecule has 0 aromatic rings. The summed E-state index contributed by atoms with van der Waals surface area (Å²) in [5.74, 6) is 1.56. The third-order valence-electron chi connectivity index (χ3n) is 5.60. The van der Waals surface area contributed by atoms with Crippen LogP contribution in [0.1, 0.15) is 40.5 Å². The Morgan fingerprint density at radius 2 is 2.00 bits per heavy atom. The Hall–Kier alpha value is -0.530. The summed E-state index contributed by atoms with van der Waals surface area (Å²) in [6, 6.07) is 0. The van der Waals surface area contributed by atoms with Crippen molar-refractivity contribution in [3.05, 3.63) is 0 Å². The molecule has 2 heteroatoms. The van der Waals surface area contributed by atoms with Gasteiger partial charge in [-0.05, 0) is 24.2 Å². The van der Waals surface area contributed by atoms with Crippen LogP contribution in [0.15, 0.2) is 0 Å². The number of carbonyl (C=O) groups is 1. The third kappa shape index (κ3) is 0.896. The molecule has 2 bridgehead atoms. The number of rotatable bonds is 0. The van der Waals surface area contributed by atoms with E-state index < -0.39 is 0 Å². The molecular weight excluding hydrogens is 188 g/mol. The highest BCUT2D eigenvalue weighted by molar-refractivity contribution is 5.76. The van der Waals surface area contributed by atoms with Gasteiger partial charge in [0.1, 0.15) is 6.10 Å². The van der Waals surface area contributed by atoms with Crippen LogP contribution < -0.4 is 0 Å². The second kappa shape index (κ2) is 2.41. The van der Waals surface area contributed by atoms with E-state index in [1.165, 1.54) is 6.42 Å². The number of hydrogen-bond acceptors (Lipinski definition) is 2. The van der Waals surface area contributed by atoms with Crippen molar-refractivity contribution in [2.75, 3.05) is 0 Å². The second-order valence-electron chi connectivity index (χ2n) is 6.83. The summed E-state index contributed by atoms with van der Waals surface area (Å²) in [6.45, 7) is 9.19. The van der Waals surface area contributed by atoms with E-state index in [2.05, 4.69) is 27.7 Å². The molecule has 1 heterocycles. The average molecular weight is 208 g/mol. The minimum Gasteiger partial charge on any atom is -0.461 e. The zero-order valence-electron chi connectivity index (χ0n) is 10.0. The maximum atomic E-state index is 11.7. The number of carbonyl (C=O) groups excluding carboxylic acids is 1. The first-order valence-electron chi connectivity index (χ1n) is 6.06. The standard InChI is InChI=1S/C13H20O2/c1-12(2,3)13(4)7-5-8-9(6-7)11(14)15-10(8)13/h7-10H,5-6H2,1-4H3. The Bertz CT molecular complexity index is 328. The zero-order chi connectivity index (χ0) is 11.0. The largest absolute Gasteiger partial charge is 0.461 e. The van der Waals surface area contributed by atoms with Gasteiger partial charge in [0.2, 0.25) is 0 Å². The SMILES string of the molecule is CC(C)(C)C1(C)C2CC3C(=O)OC1C3C2. The highest BCUT2D eigenvalue weighted by Crippen LogP contribution is 2.68. The van der Waals surface area contributed by atoms with Crippen LogP contribution in [0.3, 0.4) is 0 Å². The fourth-order valence-corrected chi connectivity index (χ4v) is 4.30. The summed E-state index contributed by atoms with van der Waals surface area (Å²) in [6.07, 6.45) is 2.50. The Balaban J connectivity index is 2.05. The average Bonchev–Trinajstić information content (AvgIpc) is 2.67. The van der Waals surface area contributed by atoms with Crippen molar-refractivity contribution in [1.29, 1.82) is 0 Å². The van der Waals surface area contributed by atoms with Gasteiger partial charge in [-0.3, -0.25) is 4.79 Å². The van der Waals surface area contributed by atoms with Gasteiger partial charge >= 0.3 is 5.97 Å². The van der Waals surface area contributed by atoms with Gasteiger partial charge in [-0.25, -0.2) is 0 Å². The minimum absolute atomic E-state index is 0.0838. The molecule has 3 rings (SSSR count). The summed E-state index contributed by atoms with van der Waals surface area (Å²) in [4.78, 5) is 11.7. The van der Waals surface area contributed by atoms with Crippen LogP contribution in [0.5, 0.6) is 0 Å². The molecule has 1 aliphatic heterocycles. The lowest BCUT2D eigenvalue weighted by Crippen LogP contribution is -2.47. The predicted molar refractivity (Wildman–Crippen MR) is 57.1 cm³/mol. The molecule has 1 saturated heterocycles. The van der Waals surface area contributed by atoms with E-state index in [0.29, 0.717) is 11.8 Å². The van der Waals surface area contributed by atoms with Crippen LogP contribution in [-0.2, 0) is 9.53 Å². The van der Waals surface area contributed by atoms with Crippen molar-refractivity contribution in [1.82, 2.24) is 0 Å². The molecule has 84 valence electrons. The molecule has 2 saturated carbocycles. The van der Waals surface area contributed by atoms with E-state index in [1.807, 2.05) is 0 Å². The summed E-state index contributed by atoms with van der Waals surface area (Å²) >= 11 is 0. The Morgan fingerprint density at radius 1 is 1.33 bits per heavy atom. The summed E-state index contributed by atoms with van der Waals surface area (Å²) in [5, 5.41) is 0. The molecule has 0 amide bonds. The van der Waals surface area contributed by atoms with Gasteiger partial charge in [-0.2, -0.15) is 0 Å². The van der Waals surface area contributed by atoms with Gasteiger partial charge in [0, 0.05) is 11.3 Å². The molecular formula is C13H20O2. The molecule has 3 aliphatic rings. The fraction of sp³-hybridized carbons (Fsp3) is 0.923. The molecule has 5 atom stereocenters. The maximum absolute atomic E-state index is 11.7. The zero-order valence-corrected chi connectivity index (χ0v) is 10.0. The van der Waals surface area contributed by atoms with Gasteiger partial charge in [-0.15, -0.1) is 0 Å². The third-order valence-corrected chi connectivity index (χ3v) is 5.60. The van der Waals surface area contributed by atoms with Crippen LogP contribution in [0.4, 0.5) is 0 Å². The summed E-state index contributed by atoms with van der Waals surface area (Å²) < 4.78 is 5.64.